The van der Waals surface area contributed by atoms with Crippen molar-refractivity contribution in [3.8, 4) is 18.1 Å². The summed E-state index contributed by atoms with van der Waals surface area (Å²) in [6.45, 7) is 0.884. The van der Waals surface area contributed by atoms with Gasteiger partial charge in [-0.15, -0.1) is 6.42 Å². The number of aryl methyl sites for hydroxylation is 1. The molecule has 1 aromatic carbocycles. The molecule has 19 heavy (non-hydrogen) atoms. The van der Waals surface area contributed by atoms with E-state index in [-0.39, 0.29) is 6.61 Å². The van der Waals surface area contributed by atoms with Crippen LogP contribution in [0.2, 0.25) is 0 Å². The van der Waals surface area contributed by atoms with Gasteiger partial charge in [0.15, 0.2) is 0 Å². The Bertz CT molecular complexity index is 601. The Morgan fingerprint density at radius 3 is 3.00 bits per heavy atom. The number of benzene rings is 1. The molecule has 0 atom stereocenters. The largest absolute Gasteiger partial charge is 0.481 e. The summed E-state index contributed by atoms with van der Waals surface area (Å²) in [5, 5.41) is 7.50. The molecule has 5 heteroatoms. The quantitative estimate of drug-likeness (QED) is 0.861. The Morgan fingerprint density at radius 2 is 2.32 bits per heavy atom. The summed E-state index contributed by atoms with van der Waals surface area (Å²) in [7, 11) is 1.88. The Hall–Kier alpha value is -1.93. The van der Waals surface area contributed by atoms with Gasteiger partial charge in [-0.1, -0.05) is 21.9 Å². The van der Waals surface area contributed by atoms with E-state index in [9.17, 15) is 0 Å². The molecular formula is C14H14BrN3O. The first-order valence-corrected chi connectivity index (χ1v) is 6.56. The second-order valence-corrected chi connectivity index (χ2v) is 4.89. The van der Waals surface area contributed by atoms with Crippen LogP contribution in [0.4, 0.5) is 5.82 Å². The van der Waals surface area contributed by atoms with Crippen LogP contribution in [0.25, 0.3) is 0 Å². The van der Waals surface area contributed by atoms with E-state index in [1.54, 1.807) is 4.68 Å². The second-order valence-electron chi connectivity index (χ2n) is 3.97. The number of halogens is 1. The zero-order valence-electron chi connectivity index (χ0n) is 10.6. The molecule has 2 aromatic rings. The molecule has 0 unspecified atom stereocenters. The van der Waals surface area contributed by atoms with Crippen LogP contribution in [0.1, 0.15) is 5.56 Å². The predicted octanol–water partition coefficient (Wildman–Crippen LogP) is 2.81. The highest BCUT2D eigenvalue weighted by atomic mass is 79.9. The highest BCUT2D eigenvalue weighted by Crippen LogP contribution is 2.24. The van der Waals surface area contributed by atoms with Gasteiger partial charge in [-0.25, -0.2) is 0 Å². The van der Waals surface area contributed by atoms with Crippen molar-refractivity contribution in [3.05, 3.63) is 40.5 Å². The second kappa shape index (κ2) is 6.30. The zero-order chi connectivity index (χ0) is 13.7. The van der Waals surface area contributed by atoms with Crippen molar-refractivity contribution in [2.24, 2.45) is 7.05 Å². The minimum atomic E-state index is 0.262. The normalized spacial score (nSPS) is 9.95. The first-order valence-electron chi connectivity index (χ1n) is 5.77. The van der Waals surface area contributed by atoms with Crippen LogP contribution < -0.4 is 10.1 Å². The molecule has 98 valence electrons. The lowest BCUT2D eigenvalue weighted by atomic mass is 10.2. The topological polar surface area (TPSA) is 39.1 Å². The van der Waals surface area contributed by atoms with E-state index in [0.717, 1.165) is 21.6 Å². The molecule has 0 saturated heterocycles. The smallest absolute Gasteiger partial charge is 0.148 e. The fraction of sp³-hybridized carbons (Fsp3) is 0.214. The Morgan fingerprint density at radius 1 is 1.47 bits per heavy atom. The van der Waals surface area contributed by atoms with Crippen LogP contribution in [-0.4, -0.2) is 16.4 Å². The van der Waals surface area contributed by atoms with Gasteiger partial charge in [-0.2, -0.15) is 5.10 Å². The van der Waals surface area contributed by atoms with Crippen molar-refractivity contribution >= 4 is 21.7 Å². The van der Waals surface area contributed by atoms with E-state index >= 15 is 0 Å². The minimum Gasteiger partial charge on any atom is -0.481 e. The van der Waals surface area contributed by atoms with Crippen molar-refractivity contribution in [3.63, 3.8) is 0 Å². The van der Waals surface area contributed by atoms with E-state index in [0.29, 0.717) is 6.54 Å². The van der Waals surface area contributed by atoms with Gasteiger partial charge in [0.1, 0.15) is 18.2 Å². The average molecular weight is 320 g/mol. The molecule has 0 fully saturated rings. The lowest BCUT2D eigenvalue weighted by molar-refractivity contribution is 0.366. The lowest BCUT2D eigenvalue weighted by Crippen LogP contribution is -2.04. The number of hydrogen-bond donors (Lipinski definition) is 1. The highest BCUT2D eigenvalue weighted by molar-refractivity contribution is 9.10. The summed E-state index contributed by atoms with van der Waals surface area (Å²) >= 11 is 3.45. The fourth-order valence-electron chi connectivity index (χ4n) is 1.64. The average Bonchev–Trinajstić information content (AvgIpc) is 2.81. The predicted molar refractivity (Wildman–Crippen MR) is 79.0 cm³/mol. The third kappa shape index (κ3) is 3.76. The molecule has 2 rings (SSSR count). The lowest BCUT2D eigenvalue weighted by Gasteiger charge is -2.11. The van der Waals surface area contributed by atoms with Crippen LogP contribution in [0.15, 0.2) is 34.9 Å². The van der Waals surface area contributed by atoms with Crippen LogP contribution in [-0.2, 0) is 13.6 Å². The molecule has 1 N–H and O–H groups in total. The number of nitrogens with zero attached hydrogens (tertiary/aromatic N) is 2. The Balaban J connectivity index is 2.09. The van der Waals surface area contributed by atoms with Crippen LogP contribution in [0, 0.1) is 12.3 Å². The molecule has 0 aliphatic carbocycles. The van der Waals surface area contributed by atoms with Gasteiger partial charge in [0, 0.05) is 35.9 Å². The van der Waals surface area contributed by atoms with Gasteiger partial charge in [-0.05, 0) is 18.2 Å². The SMILES string of the molecule is C#CCOc1ccc(Br)cc1CNc1ccn(C)n1. The molecule has 0 radical (unpaired) electrons. The maximum Gasteiger partial charge on any atom is 0.148 e. The number of anilines is 1. The molecule has 0 aliphatic heterocycles. The highest BCUT2D eigenvalue weighted by Gasteiger charge is 2.05. The van der Waals surface area contributed by atoms with Gasteiger partial charge >= 0.3 is 0 Å². The standard InChI is InChI=1S/C14H14BrN3O/c1-3-8-19-13-5-4-12(15)9-11(13)10-16-14-6-7-18(2)17-14/h1,4-7,9H,8,10H2,2H3,(H,16,17). The molecule has 4 nitrogen and oxygen atoms in total. The molecule has 0 bridgehead atoms. The van der Waals surface area contributed by atoms with Gasteiger partial charge in [-0.3, -0.25) is 4.68 Å². The first-order chi connectivity index (χ1) is 9.19. The Kier molecular flexibility index (Phi) is 4.48. The number of nitrogens with one attached hydrogen (secondary N) is 1. The summed E-state index contributed by atoms with van der Waals surface area (Å²) < 4.78 is 8.26. The monoisotopic (exact) mass is 319 g/mol. The molecule has 1 aromatic heterocycles. The summed E-state index contributed by atoms with van der Waals surface area (Å²) in [6.07, 6.45) is 7.10. The van der Waals surface area contributed by atoms with Gasteiger partial charge in [0.05, 0.1) is 0 Å². The van der Waals surface area contributed by atoms with Crippen molar-refractivity contribution in [2.45, 2.75) is 6.54 Å². The fourth-order valence-corrected chi connectivity index (χ4v) is 2.05. The Labute approximate surface area is 120 Å². The maximum absolute atomic E-state index is 5.51. The number of ether oxygens (including phenoxy) is 1. The summed E-state index contributed by atoms with van der Waals surface area (Å²) in [4.78, 5) is 0. The van der Waals surface area contributed by atoms with Crippen LogP contribution in [0.5, 0.6) is 5.75 Å². The molecule has 0 aliphatic rings. The zero-order valence-corrected chi connectivity index (χ0v) is 12.1. The maximum atomic E-state index is 5.51. The van der Waals surface area contributed by atoms with E-state index in [4.69, 9.17) is 11.2 Å². The van der Waals surface area contributed by atoms with Crippen molar-refractivity contribution < 1.29 is 4.74 Å². The van der Waals surface area contributed by atoms with E-state index < -0.39 is 0 Å². The molecule has 1 heterocycles. The number of terminal acetylenes is 1. The van der Waals surface area contributed by atoms with Gasteiger partial charge in [0.2, 0.25) is 0 Å². The third-order valence-electron chi connectivity index (χ3n) is 2.51. The molecule has 0 spiro atoms. The molecular weight excluding hydrogens is 306 g/mol. The number of rotatable bonds is 5. The van der Waals surface area contributed by atoms with Gasteiger partial charge in [0.25, 0.3) is 0 Å². The van der Waals surface area contributed by atoms with E-state index in [1.807, 2.05) is 37.5 Å². The van der Waals surface area contributed by atoms with Crippen molar-refractivity contribution in [1.29, 1.82) is 0 Å². The molecule has 0 saturated carbocycles. The van der Waals surface area contributed by atoms with Crippen molar-refractivity contribution in [2.75, 3.05) is 11.9 Å². The minimum absolute atomic E-state index is 0.262. The van der Waals surface area contributed by atoms with Gasteiger partial charge < -0.3 is 10.1 Å². The van der Waals surface area contributed by atoms with Crippen molar-refractivity contribution in [1.82, 2.24) is 9.78 Å². The van der Waals surface area contributed by atoms with Crippen LogP contribution >= 0.6 is 15.9 Å². The van der Waals surface area contributed by atoms with Crippen LogP contribution in [0.3, 0.4) is 0 Å². The molecule has 0 amide bonds. The number of hydrogen-bond acceptors (Lipinski definition) is 3. The summed E-state index contributed by atoms with van der Waals surface area (Å²) in [5.74, 6) is 4.07. The summed E-state index contributed by atoms with van der Waals surface area (Å²) in [5.41, 5.74) is 1.02. The first kappa shape index (κ1) is 13.5. The van der Waals surface area contributed by atoms with E-state index in [1.165, 1.54) is 0 Å². The van der Waals surface area contributed by atoms with E-state index in [2.05, 4.69) is 32.3 Å². The third-order valence-corrected chi connectivity index (χ3v) is 3.00. The summed E-state index contributed by atoms with van der Waals surface area (Å²) in [6, 6.07) is 7.74. The number of aromatic nitrogens is 2.